The number of aromatic nitrogens is 2. The van der Waals surface area contributed by atoms with Crippen LogP contribution in [0.4, 0.5) is 5.69 Å². The minimum atomic E-state index is -0.132. The number of nitrogens with one attached hydrogen (secondary N) is 2. The summed E-state index contributed by atoms with van der Waals surface area (Å²) >= 11 is 0. The fourth-order valence-corrected chi connectivity index (χ4v) is 2.37. The molecule has 0 saturated heterocycles. The van der Waals surface area contributed by atoms with Gasteiger partial charge in [-0.25, -0.2) is 0 Å². The average molecular weight is 279 g/mol. The number of carbonyl (C=O) groups excluding carboxylic acids is 2. The van der Waals surface area contributed by atoms with Gasteiger partial charge in [0.1, 0.15) is 6.54 Å². The summed E-state index contributed by atoms with van der Waals surface area (Å²) in [5.74, 6) is -0.0965. The summed E-state index contributed by atoms with van der Waals surface area (Å²) in [6, 6.07) is 0.231. The molecule has 4 N–H and O–H groups in total. The summed E-state index contributed by atoms with van der Waals surface area (Å²) in [5, 5.41) is 9.40. The molecule has 0 aliphatic heterocycles. The number of anilines is 1. The summed E-state index contributed by atoms with van der Waals surface area (Å²) in [7, 11) is 1.57. The van der Waals surface area contributed by atoms with Crippen LogP contribution in [0, 0.1) is 5.92 Å². The Balaban J connectivity index is 1.86. The highest BCUT2D eigenvalue weighted by atomic mass is 16.2. The molecule has 1 fully saturated rings. The van der Waals surface area contributed by atoms with Crippen molar-refractivity contribution in [1.29, 1.82) is 0 Å². The molecule has 20 heavy (non-hydrogen) atoms. The fourth-order valence-electron chi connectivity index (χ4n) is 2.37. The van der Waals surface area contributed by atoms with Gasteiger partial charge in [0.25, 0.3) is 0 Å². The van der Waals surface area contributed by atoms with Gasteiger partial charge in [0.05, 0.1) is 11.9 Å². The normalized spacial score (nSPS) is 22.3. The third-order valence-electron chi connectivity index (χ3n) is 3.63. The number of likely N-dealkylation sites (N-methyl/N-ethyl adjacent to an activating group) is 1. The van der Waals surface area contributed by atoms with Crippen molar-refractivity contribution < 1.29 is 9.59 Å². The molecule has 0 bridgehead atoms. The first kappa shape index (κ1) is 14.5. The molecule has 1 saturated carbocycles. The fraction of sp³-hybridized carbons (Fsp3) is 0.615. The van der Waals surface area contributed by atoms with Gasteiger partial charge in [-0.3, -0.25) is 14.3 Å². The Morgan fingerprint density at radius 1 is 1.40 bits per heavy atom. The second-order valence-corrected chi connectivity index (χ2v) is 5.20. The molecule has 0 aromatic carbocycles. The molecule has 0 radical (unpaired) electrons. The van der Waals surface area contributed by atoms with E-state index in [0.29, 0.717) is 5.69 Å². The highest BCUT2D eigenvalue weighted by Crippen LogP contribution is 2.24. The van der Waals surface area contributed by atoms with Crippen LogP contribution in [-0.2, 0) is 16.1 Å². The largest absolute Gasteiger partial charge is 0.358 e. The molecule has 1 aliphatic carbocycles. The van der Waals surface area contributed by atoms with Gasteiger partial charge in [0.2, 0.25) is 11.8 Å². The summed E-state index contributed by atoms with van der Waals surface area (Å²) in [5.41, 5.74) is 6.45. The molecule has 7 heteroatoms. The zero-order chi connectivity index (χ0) is 14.5. The smallest absolute Gasteiger partial charge is 0.241 e. The summed E-state index contributed by atoms with van der Waals surface area (Å²) in [6.45, 7) is 0.144. The molecule has 1 aromatic heterocycles. The van der Waals surface area contributed by atoms with Crippen LogP contribution in [0.5, 0.6) is 0 Å². The molecule has 1 aromatic rings. The van der Waals surface area contributed by atoms with Gasteiger partial charge in [-0.1, -0.05) is 0 Å². The molecular formula is C13H21N5O2. The number of hydrogen-bond donors (Lipinski definition) is 3. The van der Waals surface area contributed by atoms with Crippen molar-refractivity contribution in [2.45, 2.75) is 38.3 Å². The number of nitrogens with two attached hydrogens (primary N) is 1. The molecule has 110 valence electrons. The van der Waals surface area contributed by atoms with Crippen molar-refractivity contribution in [3.8, 4) is 0 Å². The highest BCUT2D eigenvalue weighted by Gasteiger charge is 2.24. The van der Waals surface area contributed by atoms with Gasteiger partial charge in [-0.05, 0) is 25.7 Å². The van der Waals surface area contributed by atoms with Gasteiger partial charge < -0.3 is 16.4 Å². The van der Waals surface area contributed by atoms with Crippen molar-refractivity contribution >= 4 is 17.5 Å². The zero-order valence-corrected chi connectivity index (χ0v) is 11.6. The van der Waals surface area contributed by atoms with Crippen molar-refractivity contribution in [2.24, 2.45) is 11.7 Å². The molecular weight excluding hydrogens is 258 g/mol. The van der Waals surface area contributed by atoms with Gasteiger partial charge >= 0.3 is 0 Å². The Morgan fingerprint density at radius 2 is 2.10 bits per heavy atom. The predicted molar refractivity (Wildman–Crippen MR) is 74.9 cm³/mol. The molecule has 0 spiro atoms. The van der Waals surface area contributed by atoms with Crippen LogP contribution in [0.25, 0.3) is 0 Å². The highest BCUT2D eigenvalue weighted by molar-refractivity contribution is 5.92. The molecule has 2 rings (SSSR count). The third-order valence-corrected chi connectivity index (χ3v) is 3.63. The van der Waals surface area contributed by atoms with E-state index < -0.39 is 0 Å². The van der Waals surface area contributed by atoms with Crippen LogP contribution in [0.2, 0.25) is 0 Å². The second kappa shape index (κ2) is 6.51. The minimum absolute atomic E-state index is 0.0105. The molecule has 1 aliphatic rings. The maximum absolute atomic E-state index is 12.1. The van der Waals surface area contributed by atoms with Crippen molar-refractivity contribution in [3.05, 3.63) is 12.4 Å². The second-order valence-electron chi connectivity index (χ2n) is 5.20. The first-order chi connectivity index (χ1) is 9.58. The van der Waals surface area contributed by atoms with E-state index in [9.17, 15) is 9.59 Å². The van der Waals surface area contributed by atoms with Crippen LogP contribution in [-0.4, -0.2) is 34.7 Å². The first-order valence-electron chi connectivity index (χ1n) is 6.88. The lowest BCUT2D eigenvalue weighted by Gasteiger charge is -2.24. The topological polar surface area (TPSA) is 102 Å². The SMILES string of the molecule is CNC(=O)Cn1cc(NC(=O)C2CCC(N)CC2)cn1. The van der Waals surface area contributed by atoms with Crippen LogP contribution in [0.3, 0.4) is 0 Å². The standard InChI is InChI=1S/C13H21N5O2/c1-15-12(19)8-18-7-11(6-16-18)17-13(20)9-2-4-10(14)5-3-9/h6-7,9-10H,2-5,8,14H2,1H3,(H,15,19)(H,17,20). The van der Waals surface area contributed by atoms with Gasteiger partial charge in [-0.15, -0.1) is 0 Å². The Kier molecular flexibility index (Phi) is 4.73. The van der Waals surface area contributed by atoms with Crippen molar-refractivity contribution in [3.63, 3.8) is 0 Å². The van der Waals surface area contributed by atoms with E-state index in [1.165, 1.54) is 4.68 Å². The maximum atomic E-state index is 12.1. The van der Waals surface area contributed by atoms with Crippen LogP contribution in [0.15, 0.2) is 12.4 Å². The lowest BCUT2D eigenvalue weighted by atomic mass is 9.86. The summed E-state index contributed by atoms with van der Waals surface area (Å²) < 4.78 is 1.49. The predicted octanol–water partition coefficient (Wildman–Crippen LogP) is 0.0851. The molecule has 1 heterocycles. The monoisotopic (exact) mass is 279 g/mol. The number of hydrogen-bond acceptors (Lipinski definition) is 4. The Morgan fingerprint density at radius 3 is 2.75 bits per heavy atom. The number of nitrogens with zero attached hydrogens (tertiary/aromatic N) is 2. The van der Waals surface area contributed by atoms with Crippen LogP contribution in [0.1, 0.15) is 25.7 Å². The minimum Gasteiger partial charge on any atom is -0.358 e. The van der Waals surface area contributed by atoms with E-state index in [1.54, 1.807) is 19.4 Å². The van der Waals surface area contributed by atoms with Gasteiger partial charge in [0.15, 0.2) is 0 Å². The van der Waals surface area contributed by atoms with Crippen molar-refractivity contribution in [2.75, 3.05) is 12.4 Å². The molecule has 0 atom stereocenters. The number of carbonyl (C=O) groups is 2. The van der Waals surface area contributed by atoms with Crippen molar-refractivity contribution in [1.82, 2.24) is 15.1 Å². The third kappa shape index (κ3) is 3.80. The Bertz CT molecular complexity index is 477. The summed E-state index contributed by atoms with van der Waals surface area (Å²) in [6.07, 6.45) is 6.66. The van der Waals surface area contributed by atoms with E-state index >= 15 is 0 Å². The molecule has 0 unspecified atom stereocenters. The van der Waals surface area contributed by atoms with Crippen LogP contribution >= 0.6 is 0 Å². The van der Waals surface area contributed by atoms with Crippen LogP contribution < -0.4 is 16.4 Å². The van der Waals surface area contributed by atoms with E-state index in [0.717, 1.165) is 25.7 Å². The number of rotatable bonds is 4. The quantitative estimate of drug-likeness (QED) is 0.726. The lowest BCUT2D eigenvalue weighted by molar-refractivity contribution is -0.121. The Hall–Kier alpha value is -1.89. The average Bonchev–Trinajstić information content (AvgIpc) is 2.86. The Labute approximate surface area is 117 Å². The van der Waals surface area contributed by atoms with E-state index in [1.807, 2.05) is 0 Å². The van der Waals surface area contributed by atoms with Gasteiger partial charge in [0, 0.05) is 25.2 Å². The summed E-state index contributed by atoms with van der Waals surface area (Å²) in [4.78, 5) is 23.3. The number of amides is 2. The first-order valence-corrected chi connectivity index (χ1v) is 6.88. The van der Waals surface area contributed by atoms with Gasteiger partial charge in [-0.2, -0.15) is 5.10 Å². The zero-order valence-electron chi connectivity index (χ0n) is 11.6. The van der Waals surface area contributed by atoms with E-state index in [2.05, 4.69) is 15.7 Å². The van der Waals surface area contributed by atoms with E-state index in [-0.39, 0.29) is 30.3 Å². The molecule has 2 amide bonds. The van der Waals surface area contributed by atoms with E-state index in [4.69, 9.17) is 5.73 Å². The molecule has 7 nitrogen and oxygen atoms in total. The maximum Gasteiger partial charge on any atom is 0.241 e. The lowest BCUT2D eigenvalue weighted by Crippen LogP contribution is -2.32.